The van der Waals surface area contributed by atoms with Crippen LogP contribution in [0.2, 0.25) is 0 Å². The van der Waals surface area contributed by atoms with Gasteiger partial charge in [0, 0.05) is 21.4 Å². The molecule has 0 spiro atoms. The molecule has 3 rings (SSSR count). The van der Waals surface area contributed by atoms with Crippen molar-refractivity contribution in [2.45, 2.75) is 11.8 Å². The molecule has 0 atom stereocenters. The summed E-state index contributed by atoms with van der Waals surface area (Å²) in [5, 5.41) is 0.853. The molecule has 0 amide bonds. The minimum absolute atomic E-state index is 0.267. The largest absolute Gasteiger partial charge is 0.269 e. The molecular formula is C14H12BIN2O2S. The number of aryl methyl sites for hydroxylation is 1. The van der Waals surface area contributed by atoms with Gasteiger partial charge in [-0.15, -0.1) is 0 Å². The summed E-state index contributed by atoms with van der Waals surface area (Å²) < 4.78 is 27.7. The molecule has 0 bridgehead atoms. The van der Waals surface area contributed by atoms with E-state index in [1.54, 1.807) is 36.7 Å². The maximum Gasteiger partial charge on any atom is 0.269 e. The molecule has 0 fully saturated rings. The van der Waals surface area contributed by atoms with Crippen LogP contribution < -0.4 is 5.46 Å². The highest BCUT2D eigenvalue weighted by Gasteiger charge is 2.21. The van der Waals surface area contributed by atoms with Gasteiger partial charge >= 0.3 is 0 Å². The second-order valence-corrected chi connectivity index (χ2v) is 7.95. The summed E-state index contributed by atoms with van der Waals surface area (Å²) in [6.45, 7) is 1.93. The van der Waals surface area contributed by atoms with Crippen molar-refractivity contribution in [2.24, 2.45) is 0 Å². The molecule has 0 N–H and O–H groups in total. The van der Waals surface area contributed by atoms with Crippen LogP contribution >= 0.6 is 22.6 Å². The quantitative estimate of drug-likeness (QED) is 0.475. The number of rotatable bonds is 2. The van der Waals surface area contributed by atoms with Crippen LogP contribution in [0.1, 0.15) is 5.56 Å². The fourth-order valence-corrected chi connectivity index (χ4v) is 4.34. The Hall–Kier alpha value is -1.35. The number of fused-ring (bicyclic) bond motifs is 1. The lowest BCUT2D eigenvalue weighted by Gasteiger charge is -2.07. The van der Waals surface area contributed by atoms with E-state index >= 15 is 0 Å². The van der Waals surface area contributed by atoms with Crippen LogP contribution in [0.15, 0.2) is 47.6 Å². The number of hydrogen-bond acceptors (Lipinski definition) is 3. The van der Waals surface area contributed by atoms with Gasteiger partial charge in [-0.1, -0.05) is 29.2 Å². The van der Waals surface area contributed by atoms with Crippen molar-refractivity contribution in [3.8, 4) is 0 Å². The minimum atomic E-state index is -3.62. The molecule has 7 heteroatoms. The highest BCUT2D eigenvalue weighted by atomic mass is 127. The molecular weight excluding hydrogens is 398 g/mol. The van der Waals surface area contributed by atoms with Crippen molar-refractivity contribution >= 4 is 57.0 Å². The lowest BCUT2D eigenvalue weighted by atomic mass is 9.98. The highest BCUT2D eigenvalue weighted by molar-refractivity contribution is 14.1. The van der Waals surface area contributed by atoms with Gasteiger partial charge in [0.05, 0.1) is 4.90 Å². The Morgan fingerprint density at radius 3 is 2.57 bits per heavy atom. The third kappa shape index (κ3) is 2.48. The van der Waals surface area contributed by atoms with E-state index in [4.69, 9.17) is 0 Å². The normalized spacial score (nSPS) is 11.9. The van der Waals surface area contributed by atoms with E-state index < -0.39 is 10.0 Å². The maximum absolute atomic E-state index is 12.8. The highest BCUT2D eigenvalue weighted by Crippen LogP contribution is 2.25. The van der Waals surface area contributed by atoms with Gasteiger partial charge in [0.1, 0.15) is 7.85 Å². The molecule has 21 heavy (non-hydrogen) atoms. The van der Waals surface area contributed by atoms with E-state index in [1.165, 1.54) is 3.97 Å². The molecule has 2 aromatic heterocycles. The zero-order valence-electron chi connectivity index (χ0n) is 11.5. The second-order valence-electron chi connectivity index (χ2n) is 4.97. The number of hydrogen-bond donors (Lipinski definition) is 0. The molecule has 0 saturated heterocycles. The van der Waals surface area contributed by atoms with E-state index in [0.717, 1.165) is 20.0 Å². The summed E-state index contributed by atoms with van der Waals surface area (Å²) in [6, 6.07) is 8.78. The van der Waals surface area contributed by atoms with Gasteiger partial charge < -0.3 is 0 Å². The van der Waals surface area contributed by atoms with E-state index in [-0.39, 0.29) is 4.90 Å². The Morgan fingerprint density at radius 1 is 1.24 bits per heavy atom. The van der Waals surface area contributed by atoms with Gasteiger partial charge in [0.2, 0.25) is 0 Å². The smallest absolute Gasteiger partial charge is 0.238 e. The van der Waals surface area contributed by atoms with Crippen LogP contribution in [0.25, 0.3) is 11.0 Å². The van der Waals surface area contributed by atoms with Gasteiger partial charge in [-0.2, -0.15) is 0 Å². The third-order valence-electron chi connectivity index (χ3n) is 3.28. The minimum Gasteiger partial charge on any atom is -0.238 e. The SMILES string of the molecule is Bc1cnc2c(c1)c(I)cn2S(=O)(=O)c1ccc(C)cc1. The first kappa shape index (κ1) is 14.6. The van der Waals surface area contributed by atoms with Crippen LogP contribution in [0.5, 0.6) is 0 Å². The maximum atomic E-state index is 12.8. The van der Waals surface area contributed by atoms with E-state index in [9.17, 15) is 8.42 Å². The lowest BCUT2D eigenvalue weighted by Crippen LogP contribution is -2.13. The van der Waals surface area contributed by atoms with Gasteiger partial charge in [-0.25, -0.2) is 17.4 Å². The fraction of sp³-hybridized carbons (Fsp3) is 0.0714. The zero-order chi connectivity index (χ0) is 15.2. The topological polar surface area (TPSA) is 52.0 Å². The summed E-state index contributed by atoms with van der Waals surface area (Å²) in [5.41, 5.74) is 2.49. The average Bonchev–Trinajstić information content (AvgIpc) is 2.77. The summed E-state index contributed by atoms with van der Waals surface area (Å²) in [7, 11) is -1.69. The number of benzene rings is 1. The average molecular weight is 410 g/mol. The molecule has 0 aliphatic heterocycles. The molecule has 2 heterocycles. The first-order valence-corrected chi connectivity index (χ1v) is 8.87. The Balaban J connectivity index is 2.26. The summed E-state index contributed by atoms with van der Waals surface area (Å²) in [5.74, 6) is 0. The van der Waals surface area contributed by atoms with Crippen molar-refractivity contribution in [1.82, 2.24) is 8.96 Å². The van der Waals surface area contributed by atoms with Crippen molar-refractivity contribution in [3.05, 3.63) is 51.9 Å². The number of aromatic nitrogens is 2. The number of halogens is 1. The number of pyridine rings is 1. The Kier molecular flexibility index (Phi) is 3.57. The molecule has 0 saturated carbocycles. The van der Waals surface area contributed by atoms with Crippen molar-refractivity contribution in [1.29, 1.82) is 0 Å². The van der Waals surface area contributed by atoms with Crippen LogP contribution in [-0.4, -0.2) is 25.2 Å². The van der Waals surface area contributed by atoms with Crippen molar-refractivity contribution in [3.63, 3.8) is 0 Å². The monoisotopic (exact) mass is 410 g/mol. The predicted octanol–water partition coefficient (Wildman–Crippen LogP) is 1.44. The Labute approximate surface area is 137 Å². The second kappa shape index (κ2) is 5.13. The molecule has 0 aliphatic carbocycles. The van der Waals surface area contributed by atoms with Crippen molar-refractivity contribution in [2.75, 3.05) is 0 Å². The molecule has 1 aromatic carbocycles. The van der Waals surface area contributed by atoms with Crippen LogP contribution in [0.3, 0.4) is 0 Å². The van der Waals surface area contributed by atoms with E-state index in [2.05, 4.69) is 27.6 Å². The third-order valence-corrected chi connectivity index (χ3v) is 5.80. The van der Waals surface area contributed by atoms with Crippen molar-refractivity contribution < 1.29 is 8.42 Å². The molecule has 0 radical (unpaired) electrons. The molecule has 4 nitrogen and oxygen atoms in total. The van der Waals surface area contributed by atoms with Crippen LogP contribution in [0, 0.1) is 10.5 Å². The van der Waals surface area contributed by atoms with Crippen LogP contribution in [-0.2, 0) is 10.0 Å². The summed E-state index contributed by atoms with van der Waals surface area (Å²) in [6.07, 6.45) is 3.30. The standard InChI is InChI=1S/C14H12BIN2O2S/c1-9-2-4-11(5-3-9)21(19,20)18-8-13(16)12-6-10(15)7-17-14(12)18/h2-8H,15H2,1H3. The van der Waals surface area contributed by atoms with Gasteiger partial charge in [-0.3, -0.25) is 0 Å². The van der Waals surface area contributed by atoms with E-state index in [1.807, 2.05) is 20.8 Å². The zero-order valence-corrected chi connectivity index (χ0v) is 14.5. The van der Waals surface area contributed by atoms with Crippen LogP contribution in [0.4, 0.5) is 0 Å². The van der Waals surface area contributed by atoms with Gasteiger partial charge in [0.15, 0.2) is 5.65 Å². The molecule has 106 valence electrons. The first-order chi connectivity index (χ1) is 9.89. The predicted molar refractivity (Wildman–Crippen MR) is 94.4 cm³/mol. The van der Waals surface area contributed by atoms with Gasteiger partial charge in [0.25, 0.3) is 10.0 Å². The lowest BCUT2D eigenvalue weighted by molar-refractivity contribution is 0.588. The summed E-state index contributed by atoms with van der Waals surface area (Å²) in [4.78, 5) is 4.56. The van der Waals surface area contributed by atoms with Gasteiger partial charge in [-0.05, 0) is 41.6 Å². The Bertz CT molecular complexity index is 934. The molecule has 3 aromatic rings. The first-order valence-electron chi connectivity index (χ1n) is 6.35. The molecule has 0 unspecified atom stereocenters. The fourth-order valence-electron chi connectivity index (χ4n) is 2.15. The van der Waals surface area contributed by atoms with E-state index in [0.29, 0.717) is 5.65 Å². The number of nitrogens with zero attached hydrogens (tertiary/aromatic N) is 2. The Morgan fingerprint density at radius 2 is 1.90 bits per heavy atom. The molecule has 0 aliphatic rings. The summed E-state index contributed by atoms with van der Waals surface area (Å²) >= 11 is 2.14.